The van der Waals surface area contributed by atoms with Gasteiger partial charge in [0.2, 0.25) is 0 Å². The van der Waals surface area contributed by atoms with E-state index in [1.54, 1.807) is 0 Å². The summed E-state index contributed by atoms with van der Waals surface area (Å²) in [5.41, 5.74) is 0. The van der Waals surface area contributed by atoms with Crippen molar-refractivity contribution >= 4 is 0 Å². The van der Waals surface area contributed by atoms with Crippen molar-refractivity contribution in [2.24, 2.45) is 41.4 Å². The molecule has 4 unspecified atom stereocenters. The smallest absolute Gasteiger partial charge is 0.0329 e. The lowest BCUT2D eigenvalue weighted by molar-refractivity contribution is 0.0658. The van der Waals surface area contributed by atoms with Crippen LogP contribution in [-0.4, -0.2) is 0 Å². The normalized spacial score (nSPS) is 19.8. The van der Waals surface area contributed by atoms with Crippen LogP contribution in [0.4, 0.5) is 0 Å². The average molecular weight is 240 g/mol. The van der Waals surface area contributed by atoms with Gasteiger partial charge in [-0.1, -0.05) is 68.7 Å². The van der Waals surface area contributed by atoms with E-state index >= 15 is 0 Å². The molecule has 0 aromatic carbocycles. The Balaban J connectivity index is 5.10. The van der Waals surface area contributed by atoms with E-state index in [4.69, 9.17) is 0 Å². The topological polar surface area (TPSA) is 0 Å². The standard InChI is InChI=1S/C17H36/c1-10-14(8)16(12(4)5)17(13(6)7)15(9)11(2)3/h11-17H,10H2,1-9H3. The van der Waals surface area contributed by atoms with Crippen molar-refractivity contribution in [1.29, 1.82) is 0 Å². The molecule has 0 rings (SSSR count). The molecule has 0 amide bonds. The predicted molar refractivity (Wildman–Crippen MR) is 80.1 cm³/mol. The summed E-state index contributed by atoms with van der Waals surface area (Å²) in [6, 6.07) is 0. The first-order chi connectivity index (χ1) is 7.73. The van der Waals surface area contributed by atoms with Crippen molar-refractivity contribution in [3.63, 3.8) is 0 Å². The Kier molecular flexibility index (Phi) is 7.44. The first-order valence-electron chi connectivity index (χ1n) is 7.73. The number of rotatable bonds is 7. The lowest BCUT2D eigenvalue weighted by atomic mass is 9.63. The second kappa shape index (κ2) is 7.44. The summed E-state index contributed by atoms with van der Waals surface area (Å²) < 4.78 is 0. The Morgan fingerprint density at radius 1 is 0.588 bits per heavy atom. The summed E-state index contributed by atoms with van der Waals surface area (Å²) in [6.45, 7) is 21.7. The van der Waals surface area contributed by atoms with Gasteiger partial charge in [-0.25, -0.2) is 0 Å². The van der Waals surface area contributed by atoms with E-state index < -0.39 is 0 Å². The third-order valence-electron chi connectivity index (χ3n) is 4.94. The maximum atomic E-state index is 2.47. The van der Waals surface area contributed by atoms with Crippen LogP contribution in [0.3, 0.4) is 0 Å². The van der Waals surface area contributed by atoms with Crippen LogP contribution in [0.5, 0.6) is 0 Å². The van der Waals surface area contributed by atoms with Gasteiger partial charge in [0.25, 0.3) is 0 Å². The third-order valence-corrected chi connectivity index (χ3v) is 4.94. The van der Waals surface area contributed by atoms with E-state index in [0.29, 0.717) is 0 Å². The van der Waals surface area contributed by atoms with E-state index in [-0.39, 0.29) is 0 Å². The van der Waals surface area contributed by atoms with Gasteiger partial charge >= 0.3 is 0 Å². The van der Waals surface area contributed by atoms with E-state index in [1.807, 2.05) is 0 Å². The SMILES string of the molecule is CCC(C)C(C(C)C)C(C(C)C)C(C)C(C)C. The zero-order valence-electron chi connectivity index (χ0n) is 13.7. The van der Waals surface area contributed by atoms with Gasteiger partial charge in [-0.2, -0.15) is 0 Å². The molecule has 0 heterocycles. The van der Waals surface area contributed by atoms with Crippen LogP contribution in [0, 0.1) is 41.4 Å². The fourth-order valence-corrected chi connectivity index (χ4v) is 3.60. The summed E-state index contributed by atoms with van der Waals surface area (Å²) in [4.78, 5) is 0. The molecule has 0 spiro atoms. The molecule has 17 heavy (non-hydrogen) atoms. The highest BCUT2D eigenvalue weighted by molar-refractivity contribution is 4.83. The van der Waals surface area contributed by atoms with Crippen molar-refractivity contribution in [3.8, 4) is 0 Å². The highest BCUT2D eigenvalue weighted by atomic mass is 14.4. The second-order valence-electron chi connectivity index (χ2n) is 7.13. The summed E-state index contributed by atoms with van der Waals surface area (Å²) in [5.74, 6) is 5.82. The maximum Gasteiger partial charge on any atom is -0.0329 e. The first-order valence-corrected chi connectivity index (χ1v) is 7.73. The predicted octanol–water partition coefficient (Wildman–Crippen LogP) is 5.87. The second-order valence-corrected chi connectivity index (χ2v) is 7.13. The lowest BCUT2D eigenvalue weighted by Gasteiger charge is -2.42. The highest BCUT2D eigenvalue weighted by Gasteiger charge is 2.35. The molecule has 0 aliphatic rings. The molecule has 0 bridgehead atoms. The van der Waals surface area contributed by atoms with Crippen LogP contribution >= 0.6 is 0 Å². The molecule has 0 heteroatoms. The molecule has 0 saturated heterocycles. The fourth-order valence-electron chi connectivity index (χ4n) is 3.60. The lowest BCUT2D eigenvalue weighted by Crippen LogP contribution is -2.36. The minimum absolute atomic E-state index is 0.799. The summed E-state index contributed by atoms with van der Waals surface area (Å²) in [5, 5.41) is 0. The van der Waals surface area contributed by atoms with Gasteiger partial charge in [-0.05, 0) is 41.4 Å². The molecule has 0 N–H and O–H groups in total. The summed E-state index contributed by atoms with van der Waals surface area (Å²) >= 11 is 0. The largest absolute Gasteiger partial charge is 0.0651 e. The zero-order valence-corrected chi connectivity index (χ0v) is 13.7. The molecular formula is C17H36. The molecule has 0 aliphatic heterocycles. The molecule has 4 atom stereocenters. The first kappa shape index (κ1) is 17.0. The Morgan fingerprint density at radius 3 is 1.24 bits per heavy atom. The van der Waals surface area contributed by atoms with Crippen molar-refractivity contribution in [1.82, 2.24) is 0 Å². The molecule has 104 valence electrons. The monoisotopic (exact) mass is 240 g/mol. The molecule has 0 radical (unpaired) electrons. The quantitative estimate of drug-likeness (QED) is 0.522. The Bertz CT molecular complexity index is 190. The van der Waals surface area contributed by atoms with Gasteiger partial charge < -0.3 is 0 Å². The summed E-state index contributed by atoms with van der Waals surface area (Å²) in [6.07, 6.45) is 1.32. The van der Waals surface area contributed by atoms with Gasteiger partial charge in [0.05, 0.1) is 0 Å². The van der Waals surface area contributed by atoms with Crippen molar-refractivity contribution in [3.05, 3.63) is 0 Å². The van der Waals surface area contributed by atoms with Gasteiger partial charge in [0.1, 0.15) is 0 Å². The van der Waals surface area contributed by atoms with Gasteiger partial charge in [0.15, 0.2) is 0 Å². The van der Waals surface area contributed by atoms with Crippen LogP contribution in [0.2, 0.25) is 0 Å². The number of hydrogen-bond donors (Lipinski definition) is 0. The van der Waals surface area contributed by atoms with Crippen molar-refractivity contribution < 1.29 is 0 Å². The summed E-state index contributed by atoms with van der Waals surface area (Å²) in [7, 11) is 0. The Labute approximate surface area is 111 Å². The third kappa shape index (κ3) is 4.64. The van der Waals surface area contributed by atoms with E-state index in [2.05, 4.69) is 62.3 Å². The maximum absolute atomic E-state index is 2.47. The molecule has 0 saturated carbocycles. The minimum atomic E-state index is 0.799. The Hall–Kier alpha value is 0. The molecule has 0 aromatic rings. The fraction of sp³-hybridized carbons (Fsp3) is 1.00. The molecule has 0 aromatic heterocycles. The minimum Gasteiger partial charge on any atom is -0.0651 e. The van der Waals surface area contributed by atoms with Gasteiger partial charge in [-0.15, -0.1) is 0 Å². The molecule has 0 nitrogen and oxygen atoms in total. The van der Waals surface area contributed by atoms with E-state index in [0.717, 1.165) is 41.4 Å². The van der Waals surface area contributed by atoms with Crippen LogP contribution in [0.1, 0.15) is 68.7 Å². The van der Waals surface area contributed by atoms with Gasteiger partial charge in [0, 0.05) is 0 Å². The molecular weight excluding hydrogens is 204 g/mol. The van der Waals surface area contributed by atoms with E-state index in [9.17, 15) is 0 Å². The van der Waals surface area contributed by atoms with E-state index in [1.165, 1.54) is 6.42 Å². The van der Waals surface area contributed by atoms with Crippen LogP contribution < -0.4 is 0 Å². The van der Waals surface area contributed by atoms with Gasteiger partial charge in [-0.3, -0.25) is 0 Å². The molecule has 0 aliphatic carbocycles. The zero-order chi connectivity index (χ0) is 13.7. The highest BCUT2D eigenvalue weighted by Crippen LogP contribution is 2.41. The van der Waals surface area contributed by atoms with Crippen LogP contribution in [0.15, 0.2) is 0 Å². The van der Waals surface area contributed by atoms with Crippen molar-refractivity contribution in [2.75, 3.05) is 0 Å². The van der Waals surface area contributed by atoms with Crippen LogP contribution in [0.25, 0.3) is 0 Å². The Morgan fingerprint density at radius 2 is 1.00 bits per heavy atom. The average Bonchev–Trinajstić information content (AvgIpc) is 2.22. The molecule has 0 fully saturated rings. The van der Waals surface area contributed by atoms with Crippen LogP contribution in [-0.2, 0) is 0 Å². The number of hydrogen-bond acceptors (Lipinski definition) is 0. The van der Waals surface area contributed by atoms with Crippen molar-refractivity contribution in [2.45, 2.75) is 68.7 Å².